The number of anilines is 1. The number of nitrogen functional groups attached to an aromatic ring is 1. The van der Waals surface area contributed by atoms with Crippen LogP contribution in [0.15, 0.2) is 41.6 Å². The zero-order chi connectivity index (χ0) is 14.0. The van der Waals surface area contributed by atoms with Crippen molar-refractivity contribution in [3.05, 3.63) is 42.1 Å². The van der Waals surface area contributed by atoms with Crippen LogP contribution in [-0.4, -0.2) is 19.7 Å². The maximum atomic E-state index is 11.3. The monoisotopic (exact) mass is 278 g/mol. The van der Waals surface area contributed by atoms with Crippen molar-refractivity contribution in [3.8, 4) is 11.5 Å². The summed E-state index contributed by atoms with van der Waals surface area (Å²) in [6.07, 6.45) is 2.49. The van der Waals surface area contributed by atoms with Crippen LogP contribution in [0.2, 0.25) is 0 Å². The van der Waals surface area contributed by atoms with Crippen LogP contribution in [0.5, 0.6) is 11.5 Å². The van der Waals surface area contributed by atoms with E-state index < -0.39 is 9.84 Å². The normalized spacial score (nSPS) is 11.3. The third-order valence-corrected chi connectivity index (χ3v) is 3.52. The Morgan fingerprint density at radius 3 is 2.47 bits per heavy atom. The van der Waals surface area contributed by atoms with E-state index in [1.165, 1.54) is 12.3 Å². The van der Waals surface area contributed by atoms with E-state index in [4.69, 9.17) is 10.5 Å². The second-order valence-corrected chi connectivity index (χ2v) is 6.19. The van der Waals surface area contributed by atoms with Gasteiger partial charge in [0.2, 0.25) is 0 Å². The molecule has 2 N–H and O–H groups in total. The molecule has 0 aliphatic carbocycles. The first-order valence-electron chi connectivity index (χ1n) is 5.56. The maximum Gasteiger partial charge on any atom is 0.192 e. The smallest absolute Gasteiger partial charge is 0.192 e. The number of rotatable bonds is 3. The summed E-state index contributed by atoms with van der Waals surface area (Å²) in [6, 6.07) is 8.28. The van der Waals surface area contributed by atoms with E-state index in [0.717, 1.165) is 11.8 Å². The van der Waals surface area contributed by atoms with Crippen molar-refractivity contribution in [1.29, 1.82) is 0 Å². The predicted octanol–water partition coefficient (Wildman–Crippen LogP) is 2.17. The van der Waals surface area contributed by atoms with Crippen LogP contribution in [0.1, 0.15) is 5.56 Å². The van der Waals surface area contributed by atoms with Gasteiger partial charge in [0, 0.05) is 11.9 Å². The minimum Gasteiger partial charge on any atom is -0.455 e. The van der Waals surface area contributed by atoms with Crippen LogP contribution in [0.25, 0.3) is 0 Å². The first-order chi connectivity index (χ1) is 8.86. The number of sulfone groups is 1. The van der Waals surface area contributed by atoms with Gasteiger partial charge in [0.15, 0.2) is 14.9 Å². The van der Waals surface area contributed by atoms with Gasteiger partial charge in [-0.25, -0.2) is 13.4 Å². The van der Waals surface area contributed by atoms with Gasteiger partial charge in [0.05, 0.1) is 6.20 Å². The van der Waals surface area contributed by atoms with Crippen LogP contribution in [0.3, 0.4) is 0 Å². The first kappa shape index (κ1) is 13.4. The number of nitrogens with two attached hydrogens (primary N) is 1. The molecule has 1 aromatic heterocycles. The maximum absolute atomic E-state index is 11.3. The number of pyridine rings is 1. The Bertz CT molecular complexity index is 694. The van der Waals surface area contributed by atoms with Crippen molar-refractivity contribution in [3.63, 3.8) is 0 Å². The number of nitrogens with zero attached hydrogens (tertiary/aromatic N) is 1. The van der Waals surface area contributed by atoms with Crippen LogP contribution >= 0.6 is 0 Å². The molecule has 100 valence electrons. The van der Waals surface area contributed by atoms with E-state index in [1.54, 1.807) is 24.3 Å². The zero-order valence-corrected chi connectivity index (χ0v) is 11.4. The van der Waals surface area contributed by atoms with E-state index in [2.05, 4.69) is 4.98 Å². The van der Waals surface area contributed by atoms with Gasteiger partial charge in [-0.1, -0.05) is 0 Å². The van der Waals surface area contributed by atoms with Gasteiger partial charge in [-0.2, -0.15) is 0 Å². The molecule has 19 heavy (non-hydrogen) atoms. The number of benzene rings is 1. The minimum absolute atomic E-state index is 0.0221. The fourth-order valence-corrected chi connectivity index (χ4v) is 2.12. The molecule has 0 aliphatic rings. The molecule has 1 heterocycles. The van der Waals surface area contributed by atoms with Crippen LogP contribution < -0.4 is 10.5 Å². The molecule has 0 aliphatic heterocycles. The molecule has 0 saturated heterocycles. The average Bonchev–Trinajstić information content (AvgIpc) is 2.32. The van der Waals surface area contributed by atoms with Crippen molar-refractivity contribution in [2.45, 2.75) is 11.9 Å². The molecule has 0 bridgehead atoms. The van der Waals surface area contributed by atoms with Gasteiger partial charge in [0.1, 0.15) is 11.5 Å². The second-order valence-electron chi connectivity index (χ2n) is 4.23. The Balaban J connectivity index is 2.25. The van der Waals surface area contributed by atoms with Crippen molar-refractivity contribution in [2.75, 3.05) is 12.0 Å². The average molecular weight is 278 g/mol. The Morgan fingerprint density at radius 2 is 1.95 bits per heavy atom. The third-order valence-electron chi connectivity index (χ3n) is 2.52. The molecule has 0 spiro atoms. The van der Waals surface area contributed by atoms with Crippen molar-refractivity contribution in [1.82, 2.24) is 4.98 Å². The van der Waals surface area contributed by atoms with Crippen LogP contribution in [0.4, 0.5) is 5.69 Å². The molecular formula is C13H14N2O3S. The fourth-order valence-electron chi connectivity index (χ4n) is 1.56. The first-order valence-corrected chi connectivity index (χ1v) is 7.45. The Hall–Kier alpha value is -2.08. The molecule has 2 rings (SSSR count). The van der Waals surface area contributed by atoms with Gasteiger partial charge in [-0.15, -0.1) is 0 Å². The number of ether oxygens (including phenoxy) is 1. The predicted molar refractivity (Wildman–Crippen MR) is 73.0 cm³/mol. The minimum atomic E-state index is -3.29. The quantitative estimate of drug-likeness (QED) is 0.870. The number of aryl methyl sites for hydroxylation is 1. The fraction of sp³-hybridized carbons (Fsp3) is 0.154. The summed E-state index contributed by atoms with van der Waals surface area (Å²) >= 11 is 0. The lowest BCUT2D eigenvalue weighted by molar-refractivity contribution is 0.475. The molecule has 0 amide bonds. The summed E-state index contributed by atoms with van der Waals surface area (Å²) in [6.45, 7) is 1.88. The van der Waals surface area contributed by atoms with Crippen LogP contribution in [-0.2, 0) is 9.84 Å². The highest BCUT2D eigenvalue weighted by Gasteiger charge is 2.09. The molecular weight excluding hydrogens is 264 g/mol. The van der Waals surface area contributed by atoms with E-state index in [0.29, 0.717) is 17.2 Å². The highest BCUT2D eigenvalue weighted by molar-refractivity contribution is 7.90. The summed E-state index contributed by atoms with van der Waals surface area (Å²) in [4.78, 5) is 3.86. The Labute approximate surface area is 112 Å². The molecule has 0 atom stereocenters. The SMILES string of the molecule is Cc1cc(N)ccc1Oc1ccc(S(C)(=O)=O)nc1. The Kier molecular flexibility index (Phi) is 3.44. The number of aromatic nitrogens is 1. The largest absolute Gasteiger partial charge is 0.455 e. The van der Waals surface area contributed by atoms with Gasteiger partial charge in [-0.05, 0) is 42.8 Å². The lowest BCUT2D eigenvalue weighted by Gasteiger charge is -2.09. The van der Waals surface area contributed by atoms with E-state index in [1.807, 2.05) is 6.92 Å². The standard InChI is InChI=1S/C13H14N2O3S/c1-9-7-10(14)3-5-12(9)18-11-4-6-13(15-8-11)19(2,16)17/h3-8H,14H2,1-2H3. The van der Waals surface area contributed by atoms with E-state index >= 15 is 0 Å². The van der Waals surface area contributed by atoms with Crippen molar-refractivity contribution >= 4 is 15.5 Å². The molecule has 0 radical (unpaired) electrons. The number of hydrogen-bond acceptors (Lipinski definition) is 5. The lowest BCUT2D eigenvalue weighted by Crippen LogP contribution is -2.00. The molecule has 6 heteroatoms. The summed E-state index contributed by atoms with van der Waals surface area (Å²) in [5.41, 5.74) is 7.21. The molecule has 0 unspecified atom stereocenters. The topological polar surface area (TPSA) is 82.3 Å². The Morgan fingerprint density at radius 1 is 1.21 bits per heavy atom. The third kappa shape index (κ3) is 3.23. The highest BCUT2D eigenvalue weighted by atomic mass is 32.2. The van der Waals surface area contributed by atoms with E-state index in [9.17, 15) is 8.42 Å². The molecule has 2 aromatic rings. The van der Waals surface area contributed by atoms with Crippen molar-refractivity contribution in [2.24, 2.45) is 0 Å². The number of hydrogen-bond donors (Lipinski definition) is 1. The summed E-state index contributed by atoms with van der Waals surface area (Å²) in [7, 11) is -3.29. The van der Waals surface area contributed by atoms with Gasteiger partial charge in [0.25, 0.3) is 0 Å². The van der Waals surface area contributed by atoms with Gasteiger partial charge >= 0.3 is 0 Å². The molecule has 5 nitrogen and oxygen atoms in total. The van der Waals surface area contributed by atoms with Crippen molar-refractivity contribution < 1.29 is 13.2 Å². The molecule has 0 fully saturated rings. The van der Waals surface area contributed by atoms with E-state index in [-0.39, 0.29) is 5.03 Å². The van der Waals surface area contributed by atoms with Gasteiger partial charge in [-0.3, -0.25) is 0 Å². The lowest BCUT2D eigenvalue weighted by atomic mass is 10.2. The molecule has 1 aromatic carbocycles. The summed E-state index contributed by atoms with van der Waals surface area (Å²) < 4.78 is 28.2. The summed E-state index contributed by atoms with van der Waals surface area (Å²) in [5, 5.41) is 0.0221. The van der Waals surface area contributed by atoms with Gasteiger partial charge < -0.3 is 10.5 Å². The van der Waals surface area contributed by atoms with Crippen LogP contribution in [0, 0.1) is 6.92 Å². The second kappa shape index (κ2) is 4.89. The highest BCUT2D eigenvalue weighted by Crippen LogP contribution is 2.26. The zero-order valence-electron chi connectivity index (χ0n) is 10.6. The molecule has 0 saturated carbocycles. The summed E-state index contributed by atoms with van der Waals surface area (Å²) in [5.74, 6) is 1.13.